The summed E-state index contributed by atoms with van der Waals surface area (Å²) in [5.74, 6) is 0.525. The molecule has 0 saturated carbocycles. The fraction of sp³-hybridized carbons (Fsp3) is 0.250. The third-order valence-corrected chi connectivity index (χ3v) is 5.15. The van der Waals surface area contributed by atoms with Crippen molar-refractivity contribution >= 4 is 29.4 Å². The summed E-state index contributed by atoms with van der Waals surface area (Å²) in [5.41, 5.74) is 2.49. The van der Waals surface area contributed by atoms with Gasteiger partial charge in [-0.15, -0.1) is 0 Å². The van der Waals surface area contributed by atoms with Crippen LogP contribution in [0.5, 0.6) is 0 Å². The number of aromatic nitrogens is 1. The van der Waals surface area contributed by atoms with Gasteiger partial charge < -0.3 is 15.2 Å². The first-order chi connectivity index (χ1) is 15.2. The summed E-state index contributed by atoms with van der Waals surface area (Å²) < 4.78 is 5.27. The molecule has 164 valence electrons. The first-order valence-corrected chi connectivity index (χ1v) is 10.3. The van der Waals surface area contributed by atoms with Crippen LogP contribution in [0.3, 0.4) is 0 Å². The largest absolute Gasteiger partial charge is 0.359 e. The van der Waals surface area contributed by atoms with Crippen molar-refractivity contribution in [1.29, 1.82) is 0 Å². The third-order valence-electron chi connectivity index (χ3n) is 5.15. The minimum absolute atomic E-state index is 0.145. The van der Waals surface area contributed by atoms with Crippen LogP contribution < -0.4 is 10.6 Å². The van der Waals surface area contributed by atoms with Crippen LogP contribution in [0.2, 0.25) is 0 Å². The van der Waals surface area contributed by atoms with Gasteiger partial charge in [-0.05, 0) is 29.3 Å². The Morgan fingerprint density at radius 3 is 2.44 bits per heavy atom. The molecule has 3 aromatic rings. The molecule has 8 nitrogen and oxygen atoms in total. The second-order valence-corrected chi connectivity index (χ2v) is 8.73. The zero-order chi connectivity index (χ0) is 22.9. The van der Waals surface area contributed by atoms with Gasteiger partial charge in [0.2, 0.25) is 5.91 Å². The number of nitrogens with one attached hydrogen (secondary N) is 2. The number of carbonyl (C=O) groups excluding carboxylic acids is 3. The van der Waals surface area contributed by atoms with Crippen LogP contribution in [0.4, 0.5) is 16.3 Å². The number of benzene rings is 2. The monoisotopic (exact) mass is 432 g/mol. The number of anilines is 2. The van der Waals surface area contributed by atoms with Crippen molar-refractivity contribution in [2.45, 2.75) is 39.2 Å². The maximum Gasteiger partial charge on any atom is 0.329 e. The van der Waals surface area contributed by atoms with E-state index in [0.717, 1.165) is 11.1 Å². The Hall–Kier alpha value is -3.94. The second-order valence-electron chi connectivity index (χ2n) is 8.73. The van der Waals surface area contributed by atoms with E-state index in [9.17, 15) is 14.4 Å². The van der Waals surface area contributed by atoms with Crippen molar-refractivity contribution in [2.75, 3.05) is 10.6 Å². The van der Waals surface area contributed by atoms with Crippen molar-refractivity contribution in [3.8, 4) is 0 Å². The van der Waals surface area contributed by atoms with Crippen LogP contribution >= 0.6 is 0 Å². The SMILES string of the molecule is CC(C)(C)c1cc(NC(=O)Cc2ccc(NC(=O)N3Cc4ccccc4C3=O)cc2)no1. The van der Waals surface area contributed by atoms with Gasteiger partial charge in [-0.2, -0.15) is 0 Å². The number of hydrogen-bond donors (Lipinski definition) is 2. The maximum absolute atomic E-state index is 12.5. The summed E-state index contributed by atoms with van der Waals surface area (Å²) in [6.07, 6.45) is 0.145. The predicted octanol–water partition coefficient (Wildman–Crippen LogP) is 4.34. The van der Waals surface area contributed by atoms with Gasteiger partial charge in [-0.25, -0.2) is 4.79 Å². The number of urea groups is 1. The van der Waals surface area contributed by atoms with Crippen molar-refractivity contribution < 1.29 is 18.9 Å². The molecule has 0 spiro atoms. The maximum atomic E-state index is 12.5. The van der Waals surface area contributed by atoms with Crippen molar-refractivity contribution in [3.63, 3.8) is 0 Å². The molecule has 32 heavy (non-hydrogen) atoms. The fourth-order valence-electron chi connectivity index (χ4n) is 3.38. The average molecular weight is 432 g/mol. The van der Waals surface area contributed by atoms with Crippen molar-refractivity contribution in [2.24, 2.45) is 0 Å². The Bertz CT molecular complexity index is 1180. The van der Waals surface area contributed by atoms with E-state index >= 15 is 0 Å². The molecule has 8 heteroatoms. The lowest BCUT2D eigenvalue weighted by Gasteiger charge is -2.15. The lowest BCUT2D eigenvalue weighted by molar-refractivity contribution is -0.115. The number of rotatable bonds is 4. The van der Waals surface area contributed by atoms with Crippen LogP contribution in [0.1, 0.15) is 48.0 Å². The van der Waals surface area contributed by atoms with Gasteiger partial charge in [-0.1, -0.05) is 56.3 Å². The van der Waals surface area contributed by atoms with E-state index in [1.54, 1.807) is 42.5 Å². The number of amides is 4. The highest BCUT2D eigenvalue weighted by molar-refractivity contribution is 6.10. The van der Waals surface area contributed by atoms with Crippen molar-refractivity contribution in [1.82, 2.24) is 10.1 Å². The van der Waals surface area contributed by atoms with Gasteiger partial charge in [0.1, 0.15) is 5.76 Å². The fourth-order valence-corrected chi connectivity index (χ4v) is 3.38. The molecule has 0 radical (unpaired) electrons. The lowest BCUT2D eigenvalue weighted by Crippen LogP contribution is -2.35. The molecule has 0 aliphatic carbocycles. The van der Waals surface area contributed by atoms with Crippen LogP contribution in [0.15, 0.2) is 59.1 Å². The lowest BCUT2D eigenvalue weighted by atomic mass is 9.93. The Kier molecular flexibility index (Phi) is 5.52. The molecule has 0 bridgehead atoms. The van der Waals surface area contributed by atoms with Crippen LogP contribution in [0, 0.1) is 0 Å². The average Bonchev–Trinajstić information content (AvgIpc) is 3.34. The summed E-state index contributed by atoms with van der Waals surface area (Å²) in [4.78, 5) is 38.5. The van der Waals surface area contributed by atoms with E-state index in [4.69, 9.17) is 4.52 Å². The van der Waals surface area contributed by atoms with Crippen LogP contribution in [-0.2, 0) is 23.2 Å². The summed E-state index contributed by atoms with van der Waals surface area (Å²) in [7, 11) is 0. The molecule has 0 fully saturated rings. The highest BCUT2D eigenvalue weighted by Crippen LogP contribution is 2.25. The molecule has 0 saturated heterocycles. The third kappa shape index (κ3) is 4.54. The summed E-state index contributed by atoms with van der Waals surface area (Å²) >= 11 is 0. The number of hydrogen-bond acceptors (Lipinski definition) is 5. The predicted molar refractivity (Wildman–Crippen MR) is 119 cm³/mol. The van der Waals surface area contributed by atoms with E-state index in [2.05, 4.69) is 15.8 Å². The molecule has 4 rings (SSSR count). The Morgan fingerprint density at radius 1 is 1.06 bits per heavy atom. The first kappa shape index (κ1) is 21.3. The van der Waals surface area contributed by atoms with Crippen molar-refractivity contribution in [3.05, 3.63) is 77.0 Å². The van der Waals surface area contributed by atoms with Crippen LogP contribution in [0.25, 0.3) is 0 Å². The van der Waals surface area contributed by atoms with E-state index in [-0.39, 0.29) is 30.2 Å². The standard InChI is InChI=1S/C24H24N4O4/c1-24(2,3)19-13-20(27-32-19)26-21(29)12-15-8-10-17(11-9-15)25-23(31)28-14-16-6-4-5-7-18(16)22(28)30/h4-11,13H,12,14H2,1-3H3,(H,25,31)(H,26,27,29). The van der Waals surface area contributed by atoms with E-state index in [1.165, 1.54) is 4.90 Å². The first-order valence-electron chi connectivity index (χ1n) is 10.3. The number of imide groups is 1. The van der Waals surface area contributed by atoms with E-state index in [1.807, 2.05) is 32.9 Å². The normalized spacial score (nSPS) is 13.1. The zero-order valence-corrected chi connectivity index (χ0v) is 18.1. The van der Waals surface area contributed by atoms with Gasteiger partial charge in [0.25, 0.3) is 5.91 Å². The molecule has 1 aromatic heterocycles. The Morgan fingerprint density at radius 2 is 1.78 bits per heavy atom. The number of carbonyl (C=O) groups is 3. The van der Waals surface area contributed by atoms with E-state index in [0.29, 0.717) is 22.8 Å². The molecular weight excluding hydrogens is 408 g/mol. The zero-order valence-electron chi connectivity index (χ0n) is 18.1. The number of nitrogens with zero attached hydrogens (tertiary/aromatic N) is 2. The van der Waals surface area contributed by atoms with Gasteiger partial charge in [0.15, 0.2) is 5.82 Å². The molecular formula is C24H24N4O4. The van der Waals surface area contributed by atoms with Gasteiger partial charge in [-0.3, -0.25) is 14.5 Å². The minimum atomic E-state index is -0.489. The molecule has 4 amide bonds. The Balaban J connectivity index is 1.32. The molecule has 1 aliphatic rings. The molecule has 1 aliphatic heterocycles. The highest BCUT2D eigenvalue weighted by atomic mass is 16.5. The van der Waals surface area contributed by atoms with Gasteiger partial charge in [0.05, 0.1) is 13.0 Å². The summed E-state index contributed by atoms with van der Waals surface area (Å²) in [6, 6.07) is 15.3. The molecule has 2 N–H and O–H groups in total. The Labute approximate surface area is 185 Å². The highest BCUT2D eigenvalue weighted by Gasteiger charge is 2.31. The molecule has 0 unspecified atom stereocenters. The number of fused-ring (bicyclic) bond motifs is 1. The van der Waals surface area contributed by atoms with Gasteiger partial charge in [0, 0.05) is 22.7 Å². The smallest absolute Gasteiger partial charge is 0.329 e. The topological polar surface area (TPSA) is 105 Å². The molecule has 2 heterocycles. The van der Waals surface area contributed by atoms with E-state index < -0.39 is 6.03 Å². The summed E-state index contributed by atoms with van der Waals surface area (Å²) in [6.45, 7) is 6.24. The molecule has 2 aromatic carbocycles. The minimum Gasteiger partial charge on any atom is -0.359 e. The summed E-state index contributed by atoms with van der Waals surface area (Å²) in [5, 5.41) is 9.34. The quantitative estimate of drug-likeness (QED) is 0.638. The molecule has 0 atom stereocenters. The van der Waals surface area contributed by atoms with Gasteiger partial charge >= 0.3 is 6.03 Å². The van der Waals surface area contributed by atoms with Crippen LogP contribution in [-0.4, -0.2) is 27.9 Å². The second kappa shape index (κ2) is 8.30.